The Morgan fingerprint density at radius 1 is 1.21 bits per heavy atom. The minimum Gasteiger partial charge on any atom is -0.460 e. The zero-order valence-electron chi connectivity index (χ0n) is 18.1. The highest BCUT2D eigenvalue weighted by Gasteiger charge is 2.73. The molecule has 4 fully saturated rings. The van der Waals surface area contributed by atoms with Gasteiger partial charge in [0.15, 0.2) is 0 Å². The number of carbonyl (C=O) groups excluding carboxylic acids is 1. The average molecular weight is 423 g/mol. The Kier molecular flexibility index (Phi) is 4.19. The molecule has 2 aliphatic heterocycles. The third-order valence-electron chi connectivity index (χ3n) is 9.39. The van der Waals surface area contributed by atoms with Crippen molar-refractivity contribution in [3.05, 3.63) is 12.2 Å². The summed E-state index contributed by atoms with van der Waals surface area (Å²) in [6.45, 7) is 9.91. The first-order chi connectivity index (χ1) is 13.6. The lowest BCUT2D eigenvalue weighted by Crippen LogP contribution is -2.50. The molecule has 4 bridgehead atoms. The van der Waals surface area contributed by atoms with Crippen LogP contribution in [0.1, 0.15) is 53.4 Å². The van der Waals surface area contributed by atoms with E-state index in [0.29, 0.717) is 25.0 Å². The van der Waals surface area contributed by atoms with E-state index >= 15 is 0 Å². The number of hydrogen-bond donors (Lipinski definition) is 0. The largest absolute Gasteiger partial charge is 0.460 e. The maximum absolute atomic E-state index is 13.3. The molecule has 0 N–H and O–H groups in total. The van der Waals surface area contributed by atoms with Crippen LogP contribution in [0.2, 0.25) is 0 Å². The molecule has 7 atom stereocenters. The van der Waals surface area contributed by atoms with Crippen LogP contribution < -0.4 is 0 Å². The van der Waals surface area contributed by atoms with Crippen LogP contribution in [0.25, 0.3) is 0 Å². The molecule has 2 heterocycles. The smallest absolute Gasteiger partial charge is 0.328 e. The summed E-state index contributed by atoms with van der Waals surface area (Å²) in [4.78, 5) is 15.6. The molecule has 0 spiro atoms. The fourth-order valence-electron chi connectivity index (χ4n) is 7.34. The molecule has 3 aliphatic carbocycles. The van der Waals surface area contributed by atoms with Gasteiger partial charge in [0.25, 0.3) is 0 Å². The molecule has 0 amide bonds. The van der Waals surface area contributed by atoms with Gasteiger partial charge in [0.2, 0.25) is 10.0 Å². The van der Waals surface area contributed by atoms with Crippen LogP contribution in [-0.4, -0.2) is 66.7 Å². The fraction of sp³-hybridized carbons (Fsp3) is 0.864. The van der Waals surface area contributed by atoms with Crippen LogP contribution >= 0.6 is 0 Å². The molecule has 2 saturated carbocycles. The van der Waals surface area contributed by atoms with Gasteiger partial charge in [0.1, 0.15) is 11.6 Å². The van der Waals surface area contributed by atoms with Gasteiger partial charge >= 0.3 is 5.97 Å². The van der Waals surface area contributed by atoms with Crippen molar-refractivity contribution in [1.82, 2.24) is 9.21 Å². The fourth-order valence-corrected chi connectivity index (χ4v) is 9.66. The number of sulfonamides is 1. The van der Waals surface area contributed by atoms with Crippen molar-refractivity contribution < 1.29 is 17.9 Å². The Balaban J connectivity index is 1.41. The second kappa shape index (κ2) is 6.07. The van der Waals surface area contributed by atoms with Gasteiger partial charge in [-0.2, -0.15) is 0 Å². The van der Waals surface area contributed by atoms with E-state index in [0.717, 1.165) is 32.2 Å². The Labute approximate surface area is 174 Å². The van der Waals surface area contributed by atoms with Crippen LogP contribution in [0.4, 0.5) is 0 Å². The van der Waals surface area contributed by atoms with Gasteiger partial charge in [-0.1, -0.05) is 39.8 Å². The Morgan fingerprint density at radius 3 is 2.52 bits per heavy atom. The first kappa shape index (κ1) is 20.0. The SMILES string of the molecule is CCN(CC)S(=O)(=O)C[C@]12CC[C@H](C[C@H]1OC(=O)C13CN1[C@@H]1C=C[C@H]3C1)C2(C)C. The lowest BCUT2D eigenvalue weighted by atomic mass is 9.69. The second-order valence-corrected chi connectivity index (χ2v) is 12.4. The lowest BCUT2D eigenvalue weighted by Gasteiger charge is -2.42. The minimum absolute atomic E-state index is 0.0891. The van der Waals surface area contributed by atoms with Gasteiger partial charge in [-0.25, -0.2) is 17.5 Å². The Bertz CT molecular complexity index is 864. The summed E-state index contributed by atoms with van der Waals surface area (Å²) in [5, 5.41) is 0. The van der Waals surface area contributed by atoms with Crippen molar-refractivity contribution in [2.45, 2.75) is 71.1 Å². The first-order valence-corrected chi connectivity index (χ1v) is 12.9. The molecule has 0 aromatic carbocycles. The highest BCUT2D eigenvalue weighted by molar-refractivity contribution is 7.89. The zero-order chi connectivity index (χ0) is 20.8. The van der Waals surface area contributed by atoms with Crippen LogP contribution in [0.15, 0.2) is 12.2 Å². The number of nitrogens with zero attached hydrogens (tertiary/aromatic N) is 2. The quantitative estimate of drug-likeness (QED) is 0.358. The number of carbonyl (C=O) groups is 1. The highest BCUT2D eigenvalue weighted by Crippen LogP contribution is 2.67. The van der Waals surface area contributed by atoms with Gasteiger partial charge in [0.05, 0.1) is 5.75 Å². The summed E-state index contributed by atoms with van der Waals surface area (Å²) in [5.41, 5.74) is -1.09. The summed E-state index contributed by atoms with van der Waals surface area (Å²) in [6.07, 6.45) is 7.77. The van der Waals surface area contributed by atoms with Crippen LogP contribution in [0.5, 0.6) is 0 Å². The van der Waals surface area contributed by atoms with E-state index in [9.17, 15) is 13.2 Å². The third kappa shape index (κ3) is 2.41. The summed E-state index contributed by atoms with van der Waals surface area (Å²) in [7, 11) is -3.40. The van der Waals surface area contributed by atoms with E-state index < -0.39 is 21.0 Å². The molecule has 0 radical (unpaired) electrons. The number of piperidine rings is 1. The molecule has 2 saturated heterocycles. The van der Waals surface area contributed by atoms with Gasteiger partial charge in [-0.15, -0.1) is 0 Å². The predicted octanol–water partition coefficient (Wildman–Crippen LogP) is 2.41. The van der Waals surface area contributed by atoms with Gasteiger partial charge < -0.3 is 4.74 Å². The van der Waals surface area contributed by atoms with Crippen molar-refractivity contribution in [1.29, 1.82) is 0 Å². The summed E-state index contributed by atoms with van der Waals surface area (Å²) in [5.74, 6) is 0.662. The number of esters is 1. The van der Waals surface area contributed by atoms with E-state index in [4.69, 9.17) is 4.74 Å². The zero-order valence-corrected chi connectivity index (χ0v) is 18.9. The maximum Gasteiger partial charge on any atom is 0.328 e. The minimum atomic E-state index is -3.40. The second-order valence-electron chi connectivity index (χ2n) is 10.4. The molecular formula is C22H34N2O4S. The molecule has 0 aromatic heterocycles. The van der Waals surface area contributed by atoms with Crippen molar-refractivity contribution in [2.75, 3.05) is 25.4 Å². The number of rotatable bonds is 7. The standard InChI is InChI=1S/C22H34N2O4S/c1-5-23(6-2)29(26,27)14-21-10-9-15(20(21,3)4)12-18(21)28-19(25)22-13-24(22)17-8-7-16(22)11-17/h7-8,15-18H,5-6,9-14H2,1-4H3/t15-,16+,17-,18-,21-,22?,24?/m1/s1. The summed E-state index contributed by atoms with van der Waals surface area (Å²) < 4.78 is 34.3. The van der Waals surface area contributed by atoms with Crippen LogP contribution in [0, 0.1) is 22.7 Å². The monoisotopic (exact) mass is 422 g/mol. The van der Waals surface area contributed by atoms with Crippen molar-refractivity contribution >= 4 is 16.0 Å². The first-order valence-electron chi connectivity index (χ1n) is 11.3. The Hall–Kier alpha value is -0.920. The van der Waals surface area contributed by atoms with Gasteiger partial charge in [0, 0.05) is 37.0 Å². The maximum atomic E-state index is 13.3. The normalized spacial score (nSPS) is 45.8. The van der Waals surface area contributed by atoms with Crippen molar-refractivity contribution in [3.8, 4) is 0 Å². The molecule has 0 aromatic rings. The van der Waals surface area contributed by atoms with Crippen molar-refractivity contribution in [2.24, 2.45) is 22.7 Å². The summed E-state index contributed by atoms with van der Waals surface area (Å²) in [6, 6.07) is 0.390. The van der Waals surface area contributed by atoms with E-state index in [1.165, 1.54) is 0 Å². The molecule has 29 heavy (non-hydrogen) atoms. The van der Waals surface area contributed by atoms with Crippen LogP contribution in [-0.2, 0) is 19.6 Å². The third-order valence-corrected chi connectivity index (χ3v) is 11.6. The number of ether oxygens (including phenoxy) is 1. The van der Waals surface area contributed by atoms with Crippen molar-refractivity contribution in [3.63, 3.8) is 0 Å². The molecule has 162 valence electrons. The topological polar surface area (TPSA) is 66.7 Å². The molecule has 7 heteroatoms. The number of hydrogen-bond acceptors (Lipinski definition) is 5. The van der Waals surface area contributed by atoms with Crippen LogP contribution in [0.3, 0.4) is 0 Å². The lowest BCUT2D eigenvalue weighted by molar-refractivity contribution is -0.161. The molecule has 5 aliphatic rings. The molecule has 5 rings (SSSR count). The highest BCUT2D eigenvalue weighted by atomic mass is 32.2. The average Bonchev–Trinajstić information content (AvgIpc) is 2.94. The molecule has 6 nitrogen and oxygen atoms in total. The molecular weight excluding hydrogens is 388 g/mol. The summed E-state index contributed by atoms with van der Waals surface area (Å²) >= 11 is 0. The Morgan fingerprint density at radius 2 is 1.93 bits per heavy atom. The van der Waals surface area contributed by atoms with Gasteiger partial charge in [-0.05, 0) is 37.0 Å². The molecule has 2 unspecified atom stereocenters. The predicted molar refractivity (Wildman–Crippen MR) is 111 cm³/mol. The number of fused-ring (bicyclic) bond motifs is 7. The van der Waals surface area contributed by atoms with E-state index in [-0.39, 0.29) is 29.2 Å². The van der Waals surface area contributed by atoms with E-state index in [1.807, 2.05) is 13.8 Å². The van der Waals surface area contributed by atoms with E-state index in [2.05, 4.69) is 30.9 Å². The van der Waals surface area contributed by atoms with Gasteiger partial charge in [-0.3, -0.25) is 4.90 Å². The van der Waals surface area contributed by atoms with E-state index in [1.54, 1.807) is 4.31 Å².